The van der Waals surface area contributed by atoms with Gasteiger partial charge >= 0.3 is 0 Å². The van der Waals surface area contributed by atoms with Crippen molar-refractivity contribution in [2.45, 2.75) is 24.5 Å². The van der Waals surface area contributed by atoms with Gasteiger partial charge in [-0.25, -0.2) is 0 Å². The number of rotatable bonds is 10. The lowest BCUT2D eigenvalue weighted by Gasteiger charge is -2.29. The minimum atomic E-state index is -0.907. The summed E-state index contributed by atoms with van der Waals surface area (Å²) in [5.74, 6) is 1.77. The number of hydrogen-bond acceptors (Lipinski definition) is 6. The Hall–Kier alpha value is -3.22. The number of aromatic hydroxyl groups is 1. The van der Waals surface area contributed by atoms with Gasteiger partial charge in [0.05, 0.1) is 14.2 Å². The second-order valence-electron chi connectivity index (χ2n) is 7.36. The third kappa shape index (κ3) is 5.90. The minimum absolute atomic E-state index is 0.0323. The van der Waals surface area contributed by atoms with Crippen LogP contribution in [-0.2, 0) is 6.42 Å². The van der Waals surface area contributed by atoms with Gasteiger partial charge in [0.25, 0.3) is 0 Å². The molecule has 0 aliphatic heterocycles. The largest absolute Gasteiger partial charge is 0.508 e. The molecule has 0 fully saturated rings. The van der Waals surface area contributed by atoms with Crippen molar-refractivity contribution in [2.24, 2.45) is 5.73 Å². The molecule has 4 N–H and O–H groups in total. The molecule has 0 aromatic heterocycles. The Morgan fingerprint density at radius 1 is 0.871 bits per heavy atom. The van der Waals surface area contributed by atoms with Gasteiger partial charge in [0.1, 0.15) is 24.2 Å². The molecule has 0 amide bonds. The van der Waals surface area contributed by atoms with E-state index >= 15 is 0 Å². The summed E-state index contributed by atoms with van der Waals surface area (Å²) in [6, 6.07) is 21.5. The van der Waals surface area contributed by atoms with E-state index in [0.29, 0.717) is 23.7 Å². The summed E-state index contributed by atoms with van der Waals surface area (Å²) in [6.45, 7) is 0.0323. The van der Waals surface area contributed by atoms with Gasteiger partial charge in [-0.15, -0.1) is 0 Å². The van der Waals surface area contributed by atoms with E-state index in [1.54, 1.807) is 26.4 Å². The summed E-state index contributed by atoms with van der Waals surface area (Å²) in [5.41, 5.74) is 8.61. The van der Waals surface area contributed by atoms with Gasteiger partial charge in [0.15, 0.2) is 11.5 Å². The number of ether oxygens (including phenoxy) is 3. The van der Waals surface area contributed by atoms with E-state index in [1.807, 2.05) is 48.5 Å². The molecule has 0 bridgehead atoms. The van der Waals surface area contributed by atoms with Gasteiger partial charge in [-0.2, -0.15) is 0 Å². The first-order valence-corrected chi connectivity index (χ1v) is 10.1. The van der Waals surface area contributed by atoms with E-state index in [0.717, 1.165) is 11.1 Å². The van der Waals surface area contributed by atoms with Gasteiger partial charge < -0.3 is 30.2 Å². The van der Waals surface area contributed by atoms with Gasteiger partial charge in [-0.05, 0) is 53.9 Å². The molecule has 31 heavy (non-hydrogen) atoms. The highest BCUT2D eigenvalue weighted by atomic mass is 16.5. The van der Waals surface area contributed by atoms with Crippen LogP contribution in [0.4, 0.5) is 0 Å². The van der Waals surface area contributed by atoms with Crippen molar-refractivity contribution in [3.63, 3.8) is 0 Å². The molecule has 3 rings (SSSR count). The van der Waals surface area contributed by atoms with E-state index in [4.69, 9.17) is 19.9 Å². The van der Waals surface area contributed by atoms with Gasteiger partial charge in [-0.3, -0.25) is 0 Å². The monoisotopic (exact) mass is 423 g/mol. The lowest BCUT2D eigenvalue weighted by Crippen LogP contribution is -2.44. The summed E-state index contributed by atoms with van der Waals surface area (Å²) in [4.78, 5) is 0. The van der Waals surface area contributed by atoms with Crippen molar-refractivity contribution in [1.29, 1.82) is 0 Å². The Kier molecular flexibility index (Phi) is 7.76. The molecule has 0 aliphatic carbocycles. The highest BCUT2D eigenvalue weighted by molar-refractivity contribution is 5.44. The zero-order chi connectivity index (χ0) is 22.2. The lowest BCUT2D eigenvalue weighted by molar-refractivity contribution is 0.0765. The molecule has 3 aromatic carbocycles. The summed E-state index contributed by atoms with van der Waals surface area (Å²) < 4.78 is 16.5. The average Bonchev–Trinajstić information content (AvgIpc) is 2.81. The van der Waals surface area contributed by atoms with E-state index in [9.17, 15) is 10.2 Å². The normalized spacial score (nSPS) is 13.8. The van der Waals surface area contributed by atoms with Crippen LogP contribution in [0, 0.1) is 0 Å². The van der Waals surface area contributed by atoms with Crippen molar-refractivity contribution in [1.82, 2.24) is 0 Å². The molecule has 0 spiro atoms. The van der Waals surface area contributed by atoms with E-state index < -0.39 is 12.1 Å². The highest BCUT2D eigenvalue weighted by Gasteiger charge is 2.28. The maximum absolute atomic E-state index is 10.8. The van der Waals surface area contributed by atoms with Crippen LogP contribution >= 0.6 is 0 Å². The molecule has 6 nitrogen and oxygen atoms in total. The standard InChI is InChI=1S/C25H29NO5/c1-29-23-13-8-18(15-24(23)30-2)21(14-17-6-4-3-5-7-17)25(26)22(28)16-31-20-11-9-19(27)10-12-20/h3-13,15,21-22,25,27-28H,14,16,26H2,1-2H3. The van der Waals surface area contributed by atoms with Crippen LogP contribution in [0.15, 0.2) is 72.8 Å². The predicted octanol–water partition coefficient (Wildman–Crippen LogP) is 3.50. The van der Waals surface area contributed by atoms with Gasteiger partial charge in [-0.1, -0.05) is 36.4 Å². The predicted molar refractivity (Wildman–Crippen MR) is 120 cm³/mol. The molecule has 0 aliphatic rings. The van der Waals surface area contributed by atoms with Crippen LogP contribution in [0.25, 0.3) is 0 Å². The Bertz CT molecular complexity index is 946. The van der Waals surface area contributed by atoms with Crippen molar-refractivity contribution in [2.75, 3.05) is 20.8 Å². The Balaban J connectivity index is 1.81. The fraction of sp³-hybridized carbons (Fsp3) is 0.280. The van der Waals surface area contributed by atoms with E-state index in [-0.39, 0.29) is 18.3 Å². The maximum Gasteiger partial charge on any atom is 0.160 e. The van der Waals surface area contributed by atoms with Crippen LogP contribution in [0.3, 0.4) is 0 Å². The van der Waals surface area contributed by atoms with Crippen LogP contribution in [-0.4, -0.2) is 43.2 Å². The molecule has 6 heteroatoms. The molecule has 3 unspecified atom stereocenters. The van der Waals surface area contributed by atoms with Crippen molar-refractivity contribution < 1.29 is 24.4 Å². The number of aliphatic hydroxyl groups is 1. The number of aliphatic hydroxyl groups excluding tert-OH is 1. The first-order valence-electron chi connectivity index (χ1n) is 10.1. The molecular weight excluding hydrogens is 394 g/mol. The smallest absolute Gasteiger partial charge is 0.160 e. The SMILES string of the molecule is COc1ccc(C(Cc2ccccc2)C(N)C(O)COc2ccc(O)cc2)cc1OC. The molecule has 3 atom stereocenters. The molecule has 0 heterocycles. The lowest BCUT2D eigenvalue weighted by atomic mass is 9.83. The third-order valence-corrected chi connectivity index (χ3v) is 5.30. The fourth-order valence-electron chi connectivity index (χ4n) is 3.53. The second-order valence-corrected chi connectivity index (χ2v) is 7.36. The number of phenolic OH excluding ortho intramolecular Hbond substituents is 1. The first-order chi connectivity index (χ1) is 15.0. The van der Waals surface area contributed by atoms with Crippen molar-refractivity contribution in [3.05, 3.63) is 83.9 Å². The fourth-order valence-corrected chi connectivity index (χ4v) is 3.53. The maximum atomic E-state index is 10.8. The first kappa shape index (κ1) is 22.5. The quantitative estimate of drug-likeness (QED) is 0.462. The Morgan fingerprint density at radius 3 is 2.19 bits per heavy atom. The second kappa shape index (κ2) is 10.7. The third-order valence-electron chi connectivity index (χ3n) is 5.30. The van der Waals surface area contributed by atoms with E-state index in [1.165, 1.54) is 12.1 Å². The molecule has 3 aromatic rings. The molecule has 0 saturated carbocycles. The number of nitrogens with two attached hydrogens (primary N) is 1. The van der Waals surface area contributed by atoms with Crippen LogP contribution in [0.2, 0.25) is 0 Å². The zero-order valence-electron chi connectivity index (χ0n) is 17.8. The van der Waals surface area contributed by atoms with Crippen LogP contribution < -0.4 is 19.9 Å². The molecule has 0 saturated heterocycles. The summed E-state index contributed by atoms with van der Waals surface area (Å²) in [6.07, 6.45) is -0.260. The summed E-state index contributed by atoms with van der Waals surface area (Å²) in [7, 11) is 3.18. The number of benzene rings is 3. The van der Waals surface area contributed by atoms with Gasteiger partial charge in [0, 0.05) is 12.0 Å². The molecular formula is C25H29NO5. The minimum Gasteiger partial charge on any atom is -0.508 e. The van der Waals surface area contributed by atoms with Crippen LogP contribution in [0.1, 0.15) is 17.0 Å². The van der Waals surface area contributed by atoms with Gasteiger partial charge in [0.2, 0.25) is 0 Å². The van der Waals surface area contributed by atoms with Crippen LogP contribution in [0.5, 0.6) is 23.0 Å². The van der Waals surface area contributed by atoms with Crippen molar-refractivity contribution in [3.8, 4) is 23.0 Å². The van der Waals surface area contributed by atoms with Crippen molar-refractivity contribution >= 4 is 0 Å². The van der Waals surface area contributed by atoms with E-state index in [2.05, 4.69) is 0 Å². The Morgan fingerprint density at radius 2 is 1.55 bits per heavy atom. The highest BCUT2D eigenvalue weighted by Crippen LogP contribution is 2.33. The topological polar surface area (TPSA) is 94.2 Å². The summed E-state index contributed by atoms with van der Waals surface area (Å²) in [5, 5.41) is 20.2. The number of methoxy groups -OCH3 is 2. The number of hydrogen-bond donors (Lipinski definition) is 3. The molecule has 164 valence electrons. The molecule has 0 radical (unpaired) electrons. The average molecular weight is 424 g/mol. The zero-order valence-corrected chi connectivity index (χ0v) is 17.8. The summed E-state index contributed by atoms with van der Waals surface area (Å²) >= 11 is 0. The number of phenols is 1. The Labute approximate surface area is 182 Å².